The van der Waals surface area contributed by atoms with E-state index in [0.29, 0.717) is 24.4 Å². The average Bonchev–Trinajstić information content (AvgIpc) is 2.93. The van der Waals surface area contributed by atoms with Crippen LogP contribution in [0.4, 0.5) is 5.69 Å². The number of rotatable bonds is 5. The lowest BCUT2D eigenvalue weighted by Crippen LogP contribution is -2.31. The molecule has 0 fully saturated rings. The molecule has 2 amide bonds. The highest BCUT2D eigenvalue weighted by Gasteiger charge is 2.22. The number of nitrogens with zero attached hydrogens (tertiary/aromatic N) is 1. The number of hydrogen-bond donors (Lipinski definition) is 1. The summed E-state index contributed by atoms with van der Waals surface area (Å²) in [6, 6.07) is 23.0. The van der Waals surface area contributed by atoms with Crippen LogP contribution in [0.25, 0.3) is 0 Å². The normalized spacial score (nSPS) is 13.2. The summed E-state index contributed by atoms with van der Waals surface area (Å²) in [5, 5.41) is 2.93. The minimum absolute atomic E-state index is 0.00481. The monoisotopic (exact) mass is 400 g/mol. The number of fused-ring (bicyclic) bond motifs is 1. The van der Waals surface area contributed by atoms with E-state index in [4.69, 9.17) is 4.74 Å². The largest absolute Gasteiger partial charge is 0.483 e. The number of hydrogen-bond acceptors (Lipinski definition) is 3. The summed E-state index contributed by atoms with van der Waals surface area (Å²) < 4.78 is 5.68. The third-order valence-corrected chi connectivity index (χ3v) is 5.22. The first-order valence-electron chi connectivity index (χ1n) is 10.1. The molecule has 1 heterocycles. The molecule has 0 radical (unpaired) electrons. The van der Waals surface area contributed by atoms with Gasteiger partial charge in [-0.05, 0) is 47.9 Å². The van der Waals surface area contributed by atoms with Crippen molar-refractivity contribution in [3.63, 3.8) is 0 Å². The Morgan fingerprint density at radius 1 is 1.00 bits per heavy atom. The van der Waals surface area contributed by atoms with Gasteiger partial charge in [-0.3, -0.25) is 9.59 Å². The van der Waals surface area contributed by atoms with Crippen molar-refractivity contribution >= 4 is 17.5 Å². The van der Waals surface area contributed by atoms with Crippen molar-refractivity contribution in [2.24, 2.45) is 0 Å². The molecule has 0 saturated carbocycles. The van der Waals surface area contributed by atoms with Gasteiger partial charge in [-0.2, -0.15) is 0 Å². The number of carbonyl (C=O) groups excluding carboxylic acids is 2. The van der Waals surface area contributed by atoms with Gasteiger partial charge < -0.3 is 15.0 Å². The number of amides is 2. The van der Waals surface area contributed by atoms with Crippen molar-refractivity contribution in [1.29, 1.82) is 0 Å². The van der Waals surface area contributed by atoms with E-state index in [9.17, 15) is 9.59 Å². The molecule has 0 aliphatic carbocycles. The SMILES string of the molecule is CCc1ccc(NC(=O)c2ccc3c(c2)CN(Cc2ccccc2)C(=O)CO3)cc1. The third kappa shape index (κ3) is 4.51. The molecule has 0 aromatic heterocycles. The van der Waals surface area contributed by atoms with E-state index in [-0.39, 0.29) is 18.4 Å². The predicted octanol–water partition coefficient (Wildman–Crippen LogP) is 4.42. The van der Waals surface area contributed by atoms with Crippen LogP contribution in [0.3, 0.4) is 0 Å². The molecule has 1 N–H and O–H groups in total. The Bertz CT molecular complexity index is 1050. The van der Waals surface area contributed by atoms with E-state index in [0.717, 1.165) is 23.2 Å². The minimum atomic E-state index is -0.188. The Kier molecular flexibility index (Phi) is 5.80. The first-order valence-corrected chi connectivity index (χ1v) is 10.1. The number of benzene rings is 3. The van der Waals surface area contributed by atoms with E-state index in [2.05, 4.69) is 12.2 Å². The van der Waals surface area contributed by atoms with Gasteiger partial charge in [0.2, 0.25) is 0 Å². The first-order chi connectivity index (χ1) is 14.6. The van der Waals surface area contributed by atoms with Gasteiger partial charge in [0.05, 0.1) is 0 Å². The van der Waals surface area contributed by atoms with E-state index < -0.39 is 0 Å². The molecule has 1 aliphatic heterocycles. The van der Waals surface area contributed by atoms with Crippen LogP contribution >= 0.6 is 0 Å². The van der Waals surface area contributed by atoms with Gasteiger partial charge in [0.25, 0.3) is 11.8 Å². The maximum atomic E-state index is 12.7. The van der Waals surface area contributed by atoms with E-state index in [1.165, 1.54) is 5.56 Å². The van der Waals surface area contributed by atoms with Crippen molar-refractivity contribution in [1.82, 2.24) is 4.90 Å². The molecule has 0 atom stereocenters. The van der Waals surface area contributed by atoms with Crippen LogP contribution < -0.4 is 10.1 Å². The molecule has 5 nitrogen and oxygen atoms in total. The Hall–Kier alpha value is -3.60. The van der Waals surface area contributed by atoms with Crippen molar-refractivity contribution in [2.75, 3.05) is 11.9 Å². The topological polar surface area (TPSA) is 58.6 Å². The molecule has 0 bridgehead atoms. The van der Waals surface area contributed by atoms with Crippen LogP contribution in [0.5, 0.6) is 5.75 Å². The Labute approximate surface area is 176 Å². The van der Waals surface area contributed by atoms with E-state index >= 15 is 0 Å². The number of aryl methyl sites for hydroxylation is 1. The Balaban J connectivity index is 1.52. The molecule has 3 aromatic rings. The number of anilines is 1. The zero-order valence-corrected chi connectivity index (χ0v) is 16.9. The summed E-state index contributed by atoms with van der Waals surface area (Å²) in [6.07, 6.45) is 0.956. The summed E-state index contributed by atoms with van der Waals surface area (Å²) in [6.45, 7) is 2.99. The minimum Gasteiger partial charge on any atom is -0.483 e. The summed E-state index contributed by atoms with van der Waals surface area (Å²) in [4.78, 5) is 27.0. The molecule has 5 heteroatoms. The van der Waals surface area contributed by atoms with Crippen molar-refractivity contribution in [3.05, 3.63) is 95.1 Å². The van der Waals surface area contributed by atoms with Crippen LogP contribution in [-0.2, 0) is 24.3 Å². The molecule has 30 heavy (non-hydrogen) atoms. The summed E-state index contributed by atoms with van der Waals surface area (Å²) >= 11 is 0. The second kappa shape index (κ2) is 8.82. The van der Waals surface area contributed by atoms with Crippen LogP contribution in [0.2, 0.25) is 0 Å². The standard InChI is InChI=1S/C25H24N2O3/c1-2-18-8-11-22(12-9-18)26-25(29)20-10-13-23-21(14-20)16-27(24(28)17-30-23)15-19-6-4-3-5-7-19/h3-14H,2,15-17H2,1H3,(H,26,29). The lowest BCUT2D eigenvalue weighted by molar-refractivity contribution is -0.133. The summed E-state index contributed by atoms with van der Waals surface area (Å²) in [5.41, 5.74) is 4.39. The second-order valence-corrected chi connectivity index (χ2v) is 7.35. The average molecular weight is 400 g/mol. The predicted molar refractivity (Wildman–Crippen MR) is 116 cm³/mol. The summed E-state index contributed by atoms with van der Waals surface area (Å²) in [7, 11) is 0. The Morgan fingerprint density at radius 2 is 1.77 bits per heavy atom. The Morgan fingerprint density at radius 3 is 2.50 bits per heavy atom. The zero-order chi connectivity index (χ0) is 20.9. The lowest BCUT2D eigenvalue weighted by Gasteiger charge is -2.20. The fourth-order valence-corrected chi connectivity index (χ4v) is 3.48. The van der Waals surface area contributed by atoms with Crippen LogP contribution in [-0.4, -0.2) is 23.3 Å². The van der Waals surface area contributed by atoms with Crippen LogP contribution in [0, 0.1) is 0 Å². The molecule has 1 aliphatic rings. The fraction of sp³-hybridized carbons (Fsp3) is 0.200. The van der Waals surface area contributed by atoms with Gasteiger partial charge in [0, 0.05) is 29.9 Å². The van der Waals surface area contributed by atoms with Gasteiger partial charge >= 0.3 is 0 Å². The first kappa shape index (κ1) is 19.7. The van der Waals surface area contributed by atoms with Gasteiger partial charge in [-0.15, -0.1) is 0 Å². The van der Waals surface area contributed by atoms with Crippen molar-refractivity contribution in [2.45, 2.75) is 26.4 Å². The number of carbonyl (C=O) groups is 2. The quantitative estimate of drug-likeness (QED) is 0.690. The molecule has 152 valence electrons. The molecular formula is C25H24N2O3. The van der Waals surface area contributed by atoms with Crippen LogP contribution in [0.15, 0.2) is 72.8 Å². The van der Waals surface area contributed by atoms with Gasteiger partial charge in [-0.25, -0.2) is 0 Å². The summed E-state index contributed by atoms with van der Waals surface area (Å²) in [5.74, 6) is 0.382. The highest BCUT2D eigenvalue weighted by molar-refractivity contribution is 6.04. The molecular weight excluding hydrogens is 376 g/mol. The molecule has 0 spiro atoms. The smallest absolute Gasteiger partial charge is 0.261 e. The van der Waals surface area contributed by atoms with Gasteiger partial charge in [0.15, 0.2) is 6.61 Å². The van der Waals surface area contributed by atoms with Gasteiger partial charge in [0.1, 0.15) is 5.75 Å². The van der Waals surface area contributed by atoms with Crippen LogP contribution in [0.1, 0.15) is 34.0 Å². The highest BCUT2D eigenvalue weighted by atomic mass is 16.5. The second-order valence-electron chi connectivity index (χ2n) is 7.35. The molecule has 0 saturated heterocycles. The van der Waals surface area contributed by atoms with E-state index in [1.807, 2.05) is 60.7 Å². The highest BCUT2D eigenvalue weighted by Crippen LogP contribution is 2.26. The number of ether oxygens (including phenoxy) is 1. The third-order valence-electron chi connectivity index (χ3n) is 5.22. The molecule has 0 unspecified atom stereocenters. The van der Waals surface area contributed by atoms with E-state index in [1.54, 1.807) is 17.0 Å². The molecule has 4 rings (SSSR count). The van der Waals surface area contributed by atoms with Crippen molar-refractivity contribution in [3.8, 4) is 5.75 Å². The zero-order valence-electron chi connectivity index (χ0n) is 16.9. The maximum Gasteiger partial charge on any atom is 0.261 e. The van der Waals surface area contributed by atoms with Crippen molar-refractivity contribution < 1.29 is 14.3 Å². The van der Waals surface area contributed by atoms with Gasteiger partial charge in [-0.1, -0.05) is 49.4 Å². The molecule has 3 aromatic carbocycles. The maximum absolute atomic E-state index is 12.7. The number of nitrogens with one attached hydrogen (secondary N) is 1. The fourth-order valence-electron chi connectivity index (χ4n) is 3.48. The lowest BCUT2D eigenvalue weighted by atomic mass is 10.1.